The van der Waals surface area contributed by atoms with Crippen LogP contribution in [0.1, 0.15) is 42.8 Å². The summed E-state index contributed by atoms with van der Waals surface area (Å²) in [6.45, 7) is -0.603. The zero-order valence-corrected chi connectivity index (χ0v) is 22.8. The van der Waals surface area contributed by atoms with Crippen molar-refractivity contribution in [1.29, 1.82) is 0 Å². The van der Waals surface area contributed by atoms with Crippen LogP contribution in [-0.2, 0) is 34.9 Å². The van der Waals surface area contributed by atoms with Gasteiger partial charge in [0.05, 0.1) is 31.5 Å². The summed E-state index contributed by atoms with van der Waals surface area (Å²) in [4.78, 5) is 52.5. The van der Waals surface area contributed by atoms with E-state index in [1.807, 2.05) is 0 Å². The van der Waals surface area contributed by atoms with E-state index >= 15 is 0 Å². The summed E-state index contributed by atoms with van der Waals surface area (Å²) in [6, 6.07) is 0. The Bertz CT molecular complexity index is 1520. The molecule has 0 spiro atoms. The average Bonchev–Trinajstić information content (AvgIpc) is 3.46. The van der Waals surface area contributed by atoms with Crippen molar-refractivity contribution in [2.24, 2.45) is 0 Å². The lowest BCUT2D eigenvalue weighted by atomic mass is 10.1. The Kier molecular flexibility index (Phi) is 7.94. The molecule has 214 valence electrons. The van der Waals surface area contributed by atoms with Crippen LogP contribution in [0.5, 0.6) is 0 Å². The number of aliphatic hydroxyl groups is 2. The molecular weight excluding hydrogens is 559 g/mol. The molecule has 0 unspecified atom stereocenters. The zero-order chi connectivity index (χ0) is 28.1. The van der Waals surface area contributed by atoms with Crippen LogP contribution in [0.25, 0.3) is 0 Å². The van der Waals surface area contributed by atoms with Crippen LogP contribution >= 0.6 is 6.72 Å². The molecule has 2 aromatic rings. The summed E-state index contributed by atoms with van der Waals surface area (Å²) < 4.78 is 32.0. The summed E-state index contributed by atoms with van der Waals surface area (Å²) in [5.41, 5.74) is -1.71. The predicted octanol–water partition coefficient (Wildman–Crippen LogP) is -0.953. The number of hydrogen-bond donors (Lipinski definition) is 4. The summed E-state index contributed by atoms with van der Waals surface area (Å²) in [5, 5.41) is 20.6. The second kappa shape index (κ2) is 11.0. The van der Waals surface area contributed by atoms with Gasteiger partial charge in [-0.25, -0.2) is 9.59 Å². The van der Waals surface area contributed by atoms with Crippen molar-refractivity contribution in [2.75, 3.05) is 13.2 Å². The molecule has 8 atom stereocenters. The Morgan fingerprint density at radius 2 is 1.62 bits per heavy atom. The topological polar surface area (TPSA) is 196 Å². The number of aromatic nitrogens is 4. The van der Waals surface area contributed by atoms with Crippen LogP contribution in [0.4, 0.5) is 0 Å². The fourth-order valence-electron chi connectivity index (χ4n) is 4.90. The first-order valence-electron chi connectivity index (χ1n) is 12.3. The highest BCUT2D eigenvalue weighted by molar-refractivity contribution is 8.07. The number of ether oxygens (including phenoxy) is 2. The molecule has 3 aliphatic rings. The molecule has 5 heterocycles. The standard InChI is InChI=1S/C22H29N4O11PS/c1-10-7-25(21(31)23-19(10)29)16-5-12(28)18(35-16)13-3-4-33-38(39,36-13)37-14-6-17(34-15(14)9-27)26-8-11(2)20(30)24-22(26)32/h7-8,12-18,27-28H,3-6,9H2,1-2H3,(H,23,29,31)(H,24,30,32)/t12-,13-,14-,15+,16+,17+,18-,38+/m0/s1. The first kappa shape index (κ1) is 28.3. The van der Waals surface area contributed by atoms with Crippen LogP contribution in [-0.4, -0.2) is 73.0 Å². The molecule has 0 aromatic carbocycles. The number of aromatic amines is 2. The molecule has 17 heteroatoms. The van der Waals surface area contributed by atoms with E-state index in [-0.39, 0.29) is 19.4 Å². The molecule has 0 bridgehead atoms. The third kappa shape index (κ3) is 5.66. The van der Waals surface area contributed by atoms with Crippen LogP contribution in [0, 0.1) is 13.8 Å². The summed E-state index contributed by atoms with van der Waals surface area (Å²) >= 11 is 5.60. The second-order valence-corrected chi connectivity index (χ2v) is 12.6. The van der Waals surface area contributed by atoms with Gasteiger partial charge in [0, 0.05) is 42.8 Å². The van der Waals surface area contributed by atoms with Crippen molar-refractivity contribution < 1.29 is 33.3 Å². The smallest absolute Gasteiger partial charge is 0.330 e. The van der Waals surface area contributed by atoms with Gasteiger partial charge in [0.1, 0.15) is 24.7 Å². The molecule has 0 radical (unpaired) electrons. The Labute approximate surface area is 225 Å². The van der Waals surface area contributed by atoms with Gasteiger partial charge in [-0.05, 0) is 25.7 Å². The van der Waals surface area contributed by atoms with Gasteiger partial charge in [0.25, 0.3) is 11.1 Å². The summed E-state index contributed by atoms with van der Waals surface area (Å²) in [5.74, 6) is 0. The largest absolute Gasteiger partial charge is 0.394 e. The van der Waals surface area contributed by atoms with Crippen molar-refractivity contribution in [3.8, 4) is 0 Å². The van der Waals surface area contributed by atoms with Gasteiger partial charge in [-0.15, -0.1) is 0 Å². The van der Waals surface area contributed by atoms with Gasteiger partial charge in [-0.3, -0.25) is 28.7 Å². The van der Waals surface area contributed by atoms with Crippen LogP contribution < -0.4 is 22.5 Å². The van der Waals surface area contributed by atoms with Gasteiger partial charge >= 0.3 is 18.1 Å². The fourth-order valence-corrected chi connectivity index (χ4v) is 7.40. The van der Waals surface area contributed by atoms with E-state index in [1.54, 1.807) is 13.8 Å². The van der Waals surface area contributed by atoms with Crippen LogP contribution in [0.3, 0.4) is 0 Å². The number of H-pyrrole nitrogens is 2. The Hall–Kier alpha value is -2.27. The van der Waals surface area contributed by atoms with E-state index < -0.39 is 78.8 Å². The molecular formula is C22H29N4O11PS. The van der Waals surface area contributed by atoms with Crippen LogP contribution in [0.2, 0.25) is 0 Å². The van der Waals surface area contributed by atoms with E-state index in [9.17, 15) is 29.4 Å². The van der Waals surface area contributed by atoms with E-state index in [4.69, 9.17) is 34.9 Å². The van der Waals surface area contributed by atoms with Crippen molar-refractivity contribution >= 4 is 18.5 Å². The minimum atomic E-state index is -3.42. The minimum Gasteiger partial charge on any atom is -0.394 e. The molecule has 4 N–H and O–H groups in total. The molecule has 3 saturated heterocycles. The number of aliphatic hydroxyl groups excluding tert-OH is 2. The maximum atomic E-state index is 12.3. The van der Waals surface area contributed by atoms with Crippen LogP contribution in [0.15, 0.2) is 31.6 Å². The van der Waals surface area contributed by atoms with Crippen molar-refractivity contribution in [1.82, 2.24) is 19.1 Å². The number of rotatable bonds is 6. The van der Waals surface area contributed by atoms with Gasteiger partial charge in [0.2, 0.25) is 0 Å². The normalized spacial score (nSPS) is 34.9. The fraction of sp³-hybridized carbons (Fsp3) is 0.636. The van der Waals surface area contributed by atoms with Crippen molar-refractivity contribution in [3.63, 3.8) is 0 Å². The molecule has 5 rings (SSSR count). The first-order chi connectivity index (χ1) is 18.5. The Balaban J connectivity index is 1.29. The third-order valence-electron chi connectivity index (χ3n) is 6.96. The number of hydrogen-bond acceptors (Lipinski definition) is 12. The second-order valence-electron chi connectivity index (χ2n) is 9.72. The average molecular weight is 589 g/mol. The Morgan fingerprint density at radius 3 is 2.21 bits per heavy atom. The minimum absolute atomic E-state index is 0.0819. The Morgan fingerprint density at radius 1 is 1.03 bits per heavy atom. The number of nitrogens with zero attached hydrogens (tertiary/aromatic N) is 2. The molecule has 3 fully saturated rings. The lowest BCUT2D eigenvalue weighted by Crippen LogP contribution is -2.40. The lowest BCUT2D eigenvalue weighted by molar-refractivity contribution is -0.0991. The van der Waals surface area contributed by atoms with E-state index in [0.29, 0.717) is 17.5 Å². The molecule has 39 heavy (non-hydrogen) atoms. The monoisotopic (exact) mass is 588 g/mol. The van der Waals surface area contributed by atoms with E-state index in [1.165, 1.54) is 21.5 Å². The van der Waals surface area contributed by atoms with Gasteiger partial charge in [-0.1, -0.05) is 0 Å². The predicted molar refractivity (Wildman–Crippen MR) is 137 cm³/mol. The van der Waals surface area contributed by atoms with E-state index in [0.717, 1.165) is 0 Å². The highest BCUT2D eigenvalue weighted by atomic mass is 32.5. The van der Waals surface area contributed by atoms with Gasteiger partial charge < -0.3 is 33.3 Å². The van der Waals surface area contributed by atoms with Crippen molar-refractivity contribution in [3.05, 3.63) is 65.2 Å². The highest BCUT2D eigenvalue weighted by Gasteiger charge is 2.47. The maximum absolute atomic E-state index is 12.3. The lowest BCUT2D eigenvalue weighted by Gasteiger charge is -2.36. The number of aryl methyl sites for hydroxylation is 2. The van der Waals surface area contributed by atoms with E-state index in [2.05, 4.69) is 9.97 Å². The quantitative estimate of drug-likeness (QED) is 0.303. The summed E-state index contributed by atoms with van der Waals surface area (Å²) in [7, 11) is 0. The molecule has 2 aromatic heterocycles. The molecule has 0 saturated carbocycles. The molecule has 0 aliphatic carbocycles. The van der Waals surface area contributed by atoms with Gasteiger partial charge in [-0.2, -0.15) is 0 Å². The van der Waals surface area contributed by atoms with Crippen molar-refractivity contribution in [2.45, 2.75) is 76.1 Å². The van der Waals surface area contributed by atoms with Gasteiger partial charge in [0.15, 0.2) is 0 Å². The third-order valence-corrected chi connectivity index (χ3v) is 9.35. The maximum Gasteiger partial charge on any atom is 0.330 e. The summed E-state index contributed by atoms with van der Waals surface area (Å²) in [6.07, 6.45) is -2.62. The first-order valence-corrected chi connectivity index (χ1v) is 14.9. The highest BCUT2D eigenvalue weighted by Crippen LogP contribution is 2.57. The number of nitrogens with one attached hydrogen (secondary N) is 2. The molecule has 3 aliphatic heterocycles. The molecule has 0 amide bonds. The zero-order valence-electron chi connectivity index (χ0n) is 21.1. The molecule has 15 nitrogen and oxygen atoms in total. The SMILES string of the molecule is Cc1cn([C@H]2C[C@H](O)[C@@H]([C@@H]3CCO[P@](=S)(O[C@H]4C[C@H](n5cc(C)c(=O)[nH]c5=O)O[C@@H]4CO)O3)O2)c(=O)[nH]c1=O.